The van der Waals surface area contributed by atoms with Gasteiger partial charge in [0, 0.05) is 0 Å². The molecule has 6 aliphatic rings. The summed E-state index contributed by atoms with van der Waals surface area (Å²) in [5.74, 6) is 4.08. The zero-order valence-electron chi connectivity index (χ0n) is 36.5. The molecule has 0 heterocycles. The Morgan fingerprint density at radius 3 is 1.67 bits per heavy atom. The van der Waals surface area contributed by atoms with Crippen molar-refractivity contribution in [3.8, 4) is 5.75 Å². The van der Waals surface area contributed by atoms with E-state index in [-0.39, 0.29) is 41.4 Å². The molecule has 0 aromatic heterocycles. The summed E-state index contributed by atoms with van der Waals surface area (Å²) in [6.45, 7) is 20.8. The van der Waals surface area contributed by atoms with Crippen molar-refractivity contribution in [1.82, 2.24) is 0 Å². The van der Waals surface area contributed by atoms with Gasteiger partial charge in [0.05, 0.1) is 17.3 Å². The van der Waals surface area contributed by atoms with Crippen LogP contribution in [0.25, 0.3) is 0 Å². The van der Waals surface area contributed by atoms with Gasteiger partial charge in [-0.1, -0.05) is 60.1 Å². The van der Waals surface area contributed by atoms with E-state index >= 15 is 0 Å². The molecule has 7 rings (SSSR count). The summed E-state index contributed by atoms with van der Waals surface area (Å²) >= 11 is 0. The molecule has 55 heavy (non-hydrogen) atoms. The Labute approximate surface area is 334 Å². The quantitative estimate of drug-likeness (QED) is 0.167. The Kier molecular flexibility index (Phi) is 15.8. The molecular weight excluding hydrogens is 689 g/mol. The van der Waals surface area contributed by atoms with Crippen molar-refractivity contribution in [2.75, 3.05) is 0 Å². The molecule has 0 spiro atoms. The highest BCUT2D eigenvalue weighted by molar-refractivity contribution is 5.78. The maximum Gasteiger partial charge on any atom is 0.312 e. The van der Waals surface area contributed by atoms with Crippen molar-refractivity contribution < 1.29 is 33.7 Å². The number of benzene rings is 1. The van der Waals surface area contributed by atoms with Crippen molar-refractivity contribution in [2.24, 2.45) is 40.4 Å². The zero-order chi connectivity index (χ0) is 40.6. The lowest BCUT2D eigenvalue weighted by molar-refractivity contribution is -0.231. The largest absolute Gasteiger partial charge is 0.508 e. The summed E-state index contributed by atoms with van der Waals surface area (Å²) < 4.78 is 17.9. The molecule has 6 saturated carbocycles. The van der Waals surface area contributed by atoms with Crippen LogP contribution in [0.1, 0.15) is 196 Å². The van der Waals surface area contributed by atoms with Crippen LogP contribution in [-0.4, -0.2) is 40.3 Å². The van der Waals surface area contributed by atoms with Gasteiger partial charge in [-0.2, -0.15) is 0 Å². The molecule has 0 aliphatic heterocycles. The minimum atomic E-state index is -0.630. The Balaban J connectivity index is 0.000000194. The summed E-state index contributed by atoms with van der Waals surface area (Å²) in [7, 11) is 0. The first kappa shape index (κ1) is 45.1. The van der Waals surface area contributed by atoms with Crippen LogP contribution in [-0.2, 0) is 28.6 Å². The lowest BCUT2D eigenvalue weighted by Gasteiger charge is -2.62. The number of carbonyl (C=O) groups excluding carboxylic acids is 3. The van der Waals surface area contributed by atoms with Crippen LogP contribution in [0.2, 0.25) is 0 Å². The molecule has 0 amide bonds. The van der Waals surface area contributed by atoms with E-state index in [2.05, 4.69) is 34.6 Å². The minimum Gasteiger partial charge on any atom is -0.508 e. The van der Waals surface area contributed by atoms with Gasteiger partial charge in [-0.25, -0.2) is 0 Å². The zero-order valence-corrected chi connectivity index (χ0v) is 36.5. The second-order valence-electron chi connectivity index (χ2n) is 19.8. The monoisotopic (exact) mass is 767 g/mol. The average molecular weight is 767 g/mol. The standard InChI is InChI=1S/C19H32O4.C19H32O2.C10H14O/c1-4-18(2,3)17(21)23-19(12-8-9-13-19)14-16(20)22-15-10-6-5-7-11-15;1-6-18(4,5)17(20)21-19(12(2)3)15-8-13-7-14(10-15)11-16(19)9-13;1-3-8(2)9-4-6-10(11)7-5-9/h15H,4-14H2,1-3H3;12-16H,6-11H2,1-5H3;4-8,11H,3H2,1-2H3. The highest BCUT2D eigenvalue weighted by Gasteiger charge is 2.61. The Morgan fingerprint density at radius 2 is 1.22 bits per heavy atom. The fourth-order valence-electron chi connectivity index (χ4n) is 10.1. The summed E-state index contributed by atoms with van der Waals surface area (Å²) in [5.41, 5.74) is -0.351. The normalized spacial score (nSPS) is 27.6. The molecule has 0 saturated heterocycles. The molecule has 312 valence electrons. The van der Waals surface area contributed by atoms with Gasteiger partial charge in [-0.15, -0.1) is 0 Å². The van der Waals surface area contributed by atoms with E-state index in [0.29, 0.717) is 29.4 Å². The summed E-state index contributed by atoms with van der Waals surface area (Å²) in [4.78, 5) is 37.6. The van der Waals surface area contributed by atoms with Crippen molar-refractivity contribution >= 4 is 17.9 Å². The van der Waals surface area contributed by atoms with Gasteiger partial charge in [0.15, 0.2) is 0 Å². The molecule has 1 atom stereocenters. The topological polar surface area (TPSA) is 99.1 Å². The number of phenolic OH excluding ortho intramolecular Hbond substituents is 1. The lowest BCUT2D eigenvalue weighted by Crippen LogP contribution is -2.63. The molecule has 0 radical (unpaired) electrons. The second kappa shape index (κ2) is 19.2. The van der Waals surface area contributed by atoms with Crippen LogP contribution in [0, 0.1) is 40.4 Å². The number of hydrogen-bond acceptors (Lipinski definition) is 7. The molecule has 6 aliphatic carbocycles. The third kappa shape index (κ3) is 11.3. The first-order valence-electron chi connectivity index (χ1n) is 22.4. The third-order valence-corrected chi connectivity index (χ3v) is 14.7. The SMILES string of the molecule is CCC(C)(C)C(=O)OC1(C(C)C)C2CC3CC(C2)CC1C3.CCC(C)(C)C(=O)OC1(CC(=O)OC2CCCCC2)CCCC1.CCC(C)c1ccc(O)cc1. The Hall–Kier alpha value is -2.57. The highest BCUT2D eigenvalue weighted by atomic mass is 16.6. The second-order valence-corrected chi connectivity index (χ2v) is 19.8. The van der Waals surface area contributed by atoms with Crippen LogP contribution < -0.4 is 0 Å². The van der Waals surface area contributed by atoms with Gasteiger partial charge in [0.1, 0.15) is 23.1 Å². The van der Waals surface area contributed by atoms with Gasteiger partial charge in [0.2, 0.25) is 0 Å². The average Bonchev–Trinajstić information content (AvgIpc) is 3.60. The van der Waals surface area contributed by atoms with Gasteiger partial charge in [0.25, 0.3) is 0 Å². The number of ether oxygens (including phenoxy) is 3. The predicted octanol–water partition coefficient (Wildman–Crippen LogP) is 12.3. The maximum atomic E-state index is 12.8. The summed E-state index contributed by atoms with van der Waals surface area (Å²) in [6.07, 6.45) is 18.7. The van der Waals surface area contributed by atoms with E-state index in [1.165, 1.54) is 44.1 Å². The molecule has 1 unspecified atom stereocenters. The van der Waals surface area contributed by atoms with Gasteiger partial charge >= 0.3 is 17.9 Å². The van der Waals surface area contributed by atoms with E-state index in [0.717, 1.165) is 82.5 Å². The molecular formula is C48H78O7. The van der Waals surface area contributed by atoms with Crippen LogP contribution in [0.3, 0.4) is 0 Å². The van der Waals surface area contributed by atoms with Crippen molar-refractivity contribution in [3.05, 3.63) is 29.8 Å². The summed E-state index contributed by atoms with van der Waals surface area (Å²) in [5, 5.41) is 9.01. The minimum absolute atomic E-state index is 0.0335. The van der Waals surface area contributed by atoms with Crippen LogP contribution in [0.5, 0.6) is 5.75 Å². The number of aromatic hydroxyl groups is 1. The van der Waals surface area contributed by atoms with Gasteiger partial charge in [-0.3, -0.25) is 14.4 Å². The van der Waals surface area contributed by atoms with Gasteiger partial charge < -0.3 is 19.3 Å². The lowest BCUT2D eigenvalue weighted by atomic mass is 9.47. The fourth-order valence-corrected chi connectivity index (χ4v) is 10.1. The Morgan fingerprint density at radius 1 is 0.727 bits per heavy atom. The Bertz CT molecular complexity index is 1350. The first-order chi connectivity index (χ1) is 25.9. The maximum absolute atomic E-state index is 12.8. The van der Waals surface area contributed by atoms with Crippen molar-refractivity contribution in [1.29, 1.82) is 0 Å². The highest BCUT2D eigenvalue weighted by Crippen LogP contribution is 2.62. The number of carbonyl (C=O) groups is 3. The summed E-state index contributed by atoms with van der Waals surface area (Å²) in [6, 6.07) is 7.43. The van der Waals surface area contributed by atoms with Crippen LogP contribution in [0.15, 0.2) is 24.3 Å². The van der Waals surface area contributed by atoms with Crippen molar-refractivity contribution in [3.63, 3.8) is 0 Å². The third-order valence-electron chi connectivity index (χ3n) is 14.7. The van der Waals surface area contributed by atoms with Gasteiger partial charge in [-0.05, 0) is 184 Å². The fraction of sp³-hybridized carbons (Fsp3) is 0.812. The first-order valence-corrected chi connectivity index (χ1v) is 22.4. The number of hydrogen-bond donors (Lipinski definition) is 1. The van der Waals surface area contributed by atoms with E-state index in [9.17, 15) is 14.4 Å². The predicted molar refractivity (Wildman–Crippen MR) is 221 cm³/mol. The van der Waals surface area contributed by atoms with Crippen LogP contribution in [0.4, 0.5) is 0 Å². The molecule has 1 aromatic carbocycles. The molecule has 6 fully saturated rings. The molecule has 7 nitrogen and oxygen atoms in total. The number of phenols is 1. The molecule has 1 aromatic rings. The number of esters is 3. The number of rotatable bonds is 12. The van der Waals surface area contributed by atoms with E-state index in [4.69, 9.17) is 19.3 Å². The molecule has 7 heteroatoms. The smallest absolute Gasteiger partial charge is 0.312 e. The van der Waals surface area contributed by atoms with Crippen LogP contribution >= 0.6 is 0 Å². The molecule has 4 bridgehead atoms. The van der Waals surface area contributed by atoms with E-state index in [1.807, 2.05) is 46.8 Å². The molecule has 1 N–H and O–H groups in total. The van der Waals surface area contributed by atoms with Crippen molar-refractivity contribution in [2.45, 2.75) is 208 Å². The van der Waals surface area contributed by atoms with E-state index in [1.54, 1.807) is 12.1 Å². The van der Waals surface area contributed by atoms with E-state index < -0.39 is 11.0 Å².